The van der Waals surface area contributed by atoms with Crippen LogP contribution in [0.1, 0.15) is 64.1 Å². The normalized spacial score (nSPS) is 26.8. The van der Waals surface area contributed by atoms with E-state index in [1.165, 1.54) is 13.2 Å². The molecule has 1 N–H and O–H groups in total. The van der Waals surface area contributed by atoms with Crippen molar-refractivity contribution in [2.24, 2.45) is 5.92 Å². The first-order chi connectivity index (χ1) is 23.5. The second kappa shape index (κ2) is 13.0. The summed E-state index contributed by atoms with van der Waals surface area (Å²) in [6.07, 6.45) is 7.51. The third-order valence-electron chi connectivity index (χ3n) is 10.8. The second-order valence-corrected chi connectivity index (χ2v) is 17.0. The quantitative estimate of drug-likeness (QED) is 0.338. The van der Waals surface area contributed by atoms with Crippen molar-refractivity contribution in [1.29, 1.82) is 0 Å². The molecule has 0 saturated carbocycles. The van der Waals surface area contributed by atoms with Gasteiger partial charge in [-0.2, -0.15) is 10.1 Å². The van der Waals surface area contributed by atoms with E-state index in [1.54, 1.807) is 23.4 Å². The Balaban J connectivity index is 1.18. The fourth-order valence-corrected chi connectivity index (χ4v) is 10.3. The zero-order valence-electron chi connectivity index (χ0n) is 28.3. The minimum absolute atomic E-state index is 0.0189. The van der Waals surface area contributed by atoms with Gasteiger partial charge in [-0.3, -0.25) is 4.79 Å². The number of nitrogens with zero attached hydrogens (tertiary/aromatic N) is 8. The molecule has 7 rings (SSSR count). The number of methoxy groups -OCH3 is 1. The Hall–Kier alpha value is -3.98. The molecule has 13 nitrogen and oxygen atoms in total. The van der Waals surface area contributed by atoms with Crippen molar-refractivity contribution in [3.05, 3.63) is 42.9 Å². The summed E-state index contributed by atoms with van der Waals surface area (Å²) in [5, 5.41) is 13.9. The number of alkyl halides is 1. The standard InChI is InChI=1S/C34H44FN9O4S/c1-5-30(45)44-14-7-8-25(44)31-22-16-29(38-28-10-13-36-33(39-28)42-15-11-26(48-4)24(35)20-42)37-17-23(22)32(41-40-31)43-18-21(19-43)27-9-6-12-34(2,3)49(27,46)47/h5,10,13,16-17,21,24-27H,1,6-9,11-12,14-15,18-20H2,2-4H3,(H,36,37,38,39)/t24-,25?,26+,27?/m0/s1. The first-order valence-electron chi connectivity index (χ1n) is 17.1. The fourth-order valence-electron chi connectivity index (χ4n) is 7.91. The van der Waals surface area contributed by atoms with Crippen molar-refractivity contribution in [3.63, 3.8) is 0 Å². The highest BCUT2D eigenvalue weighted by atomic mass is 32.2. The van der Waals surface area contributed by atoms with Gasteiger partial charge in [-0.05, 0) is 64.2 Å². The number of piperidine rings is 1. The first-order valence-corrected chi connectivity index (χ1v) is 18.6. The van der Waals surface area contributed by atoms with E-state index in [-0.39, 0.29) is 29.7 Å². The summed E-state index contributed by atoms with van der Waals surface area (Å²) in [6.45, 7) is 9.83. The molecule has 7 heterocycles. The van der Waals surface area contributed by atoms with E-state index in [9.17, 15) is 17.6 Å². The number of anilines is 4. The SMILES string of the molecule is C=CC(=O)N1CCCC1c1nnc(N2CC(C3CCCC(C)(C)S3(=O)=O)C2)c2cnc(Nc3ccnc(N4CC[C@@H](OC)[C@@H](F)C4)n3)cc12. The lowest BCUT2D eigenvalue weighted by Gasteiger charge is -2.47. The van der Waals surface area contributed by atoms with Crippen molar-refractivity contribution >= 4 is 49.9 Å². The molecule has 0 aliphatic carbocycles. The molecule has 0 bridgehead atoms. The van der Waals surface area contributed by atoms with Crippen LogP contribution in [0.15, 0.2) is 37.2 Å². The molecule has 0 radical (unpaired) electrons. The molecular weight excluding hydrogens is 649 g/mol. The van der Waals surface area contributed by atoms with E-state index in [4.69, 9.17) is 14.8 Å². The molecule has 0 aromatic carbocycles. The predicted octanol–water partition coefficient (Wildman–Crippen LogP) is 4.15. The topological polar surface area (TPSA) is 147 Å². The number of carbonyl (C=O) groups is 1. The van der Waals surface area contributed by atoms with Crippen molar-refractivity contribution in [2.75, 3.05) is 55.0 Å². The summed E-state index contributed by atoms with van der Waals surface area (Å²) < 4.78 is 46.0. The minimum atomic E-state index is -3.26. The van der Waals surface area contributed by atoms with Crippen LogP contribution in [0.4, 0.5) is 27.8 Å². The first kappa shape index (κ1) is 33.5. The Morgan fingerprint density at radius 2 is 1.88 bits per heavy atom. The van der Waals surface area contributed by atoms with Gasteiger partial charge in [0.15, 0.2) is 15.7 Å². The van der Waals surface area contributed by atoms with Crippen LogP contribution in [0.2, 0.25) is 0 Å². The van der Waals surface area contributed by atoms with E-state index in [2.05, 4.69) is 31.9 Å². The summed E-state index contributed by atoms with van der Waals surface area (Å²) in [6, 6.07) is 3.34. The number of carbonyl (C=O) groups excluding carboxylic acids is 1. The van der Waals surface area contributed by atoms with Gasteiger partial charge in [0.05, 0.1) is 34.4 Å². The van der Waals surface area contributed by atoms with Gasteiger partial charge in [-0.15, -0.1) is 5.10 Å². The molecule has 0 spiro atoms. The Kier molecular flexibility index (Phi) is 8.92. The van der Waals surface area contributed by atoms with Crippen molar-refractivity contribution < 1.29 is 22.3 Å². The van der Waals surface area contributed by atoms with Gasteiger partial charge < -0.3 is 24.8 Å². The molecule has 262 valence electrons. The number of hydrogen-bond donors (Lipinski definition) is 1. The number of rotatable bonds is 8. The van der Waals surface area contributed by atoms with Crippen LogP contribution in [0, 0.1) is 5.92 Å². The summed E-state index contributed by atoms with van der Waals surface area (Å²) in [4.78, 5) is 32.2. The zero-order valence-corrected chi connectivity index (χ0v) is 29.1. The Morgan fingerprint density at radius 1 is 1.06 bits per heavy atom. The fraction of sp³-hybridized carbons (Fsp3) is 0.588. The summed E-state index contributed by atoms with van der Waals surface area (Å²) in [7, 11) is -1.74. The predicted molar refractivity (Wildman–Crippen MR) is 185 cm³/mol. The highest BCUT2D eigenvalue weighted by Crippen LogP contribution is 2.43. The highest BCUT2D eigenvalue weighted by molar-refractivity contribution is 7.93. The lowest BCUT2D eigenvalue weighted by molar-refractivity contribution is -0.126. The van der Waals surface area contributed by atoms with Gasteiger partial charge in [0.2, 0.25) is 11.9 Å². The van der Waals surface area contributed by atoms with Crippen LogP contribution in [-0.4, -0.2) is 106 Å². The van der Waals surface area contributed by atoms with E-state index in [0.29, 0.717) is 74.5 Å². The smallest absolute Gasteiger partial charge is 0.246 e. The van der Waals surface area contributed by atoms with Crippen molar-refractivity contribution in [1.82, 2.24) is 30.0 Å². The molecule has 15 heteroatoms. The van der Waals surface area contributed by atoms with Gasteiger partial charge in [-0.1, -0.05) is 13.0 Å². The van der Waals surface area contributed by atoms with Gasteiger partial charge in [0, 0.05) is 62.4 Å². The third kappa shape index (κ3) is 6.08. The highest BCUT2D eigenvalue weighted by Gasteiger charge is 2.50. The van der Waals surface area contributed by atoms with E-state index >= 15 is 0 Å². The Bertz CT molecular complexity index is 1850. The molecule has 4 saturated heterocycles. The molecule has 1 amide bonds. The number of halogens is 1. The lowest BCUT2D eigenvalue weighted by Crippen LogP contribution is -2.58. The molecule has 2 unspecified atom stereocenters. The second-order valence-electron chi connectivity index (χ2n) is 14.2. The van der Waals surface area contributed by atoms with E-state index in [0.717, 1.165) is 30.0 Å². The number of sulfone groups is 1. The largest absolute Gasteiger partial charge is 0.378 e. The van der Waals surface area contributed by atoms with Gasteiger partial charge in [0.1, 0.15) is 17.8 Å². The van der Waals surface area contributed by atoms with E-state index in [1.807, 2.05) is 24.8 Å². The summed E-state index contributed by atoms with van der Waals surface area (Å²) in [5.74, 6) is 1.93. The molecule has 3 aromatic heterocycles. The number of amides is 1. The van der Waals surface area contributed by atoms with Crippen LogP contribution in [0.3, 0.4) is 0 Å². The third-order valence-corrected chi connectivity index (χ3v) is 14.0. The maximum atomic E-state index is 14.6. The molecule has 4 aliphatic rings. The number of likely N-dealkylation sites (tertiary alicyclic amines) is 1. The number of aromatic nitrogens is 5. The lowest BCUT2D eigenvalue weighted by atomic mass is 9.90. The zero-order chi connectivity index (χ0) is 34.5. The molecule has 49 heavy (non-hydrogen) atoms. The summed E-state index contributed by atoms with van der Waals surface area (Å²) >= 11 is 0. The number of hydrogen-bond acceptors (Lipinski definition) is 12. The van der Waals surface area contributed by atoms with Gasteiger partial charge >= 0.3 is 0 Å². The molecule has 3 aromatic rings. The van der Waals surface area contributed by atoms with E-state index < -0.39 is 26.9 Å². The molecule has 4 atom stereocenters. The van der Waals surface area contributed by atoms with Crippen LogP contribution in [-0.2, 0) is 19.4 Å². The molecular formula is C34H44FN9O4S. The number of pyridine rings is 1. The maximum Gasteiger partial charge on any atom is 0.246 e. The van der Waals surface area contributed by atoms with Crippen LogP contribution in [0.25, 0.3) is 10.8 Å². The van der Waals surface area contributed by atoms with Crippen LogP contribution >= 0.6 is 0 Å². The molecule has 4 aliphatic heterocycles. The summed E-state index contributed by atoms with van der Waals surface area (Å²) in [5.41, 5.74) is 0.670. The van der Waals surface area contributed by atoms with Crippen molar-refractivity contribution in [3.8, 4) is 0 Å². The van der Waals surface area contributed by atoms with Gasteiger partial charge in [0.25, 0.3) is 0 Å². The Labute approximate surface area is 286 Å². The van der Waals surface area contributed by atoms with Crippen molar-refractivity contribution in [2.45, 2.75) is 80.7 Å². The number of fused-ring (bicyclic) bond motifs is 1. The van der Waals surface area contributed by atoms with Crippen LogP contribution < -0.4 is 15.1 Å². The maximum absolute atomic E-state index is 14.6. The number of ether oxygens (including phenoxy) is 1. The van der Waals surface area contributed by atoms with Gasteiger partial charge in [-0.25, -0.2) is 22.8 Å². The Morgan fingerprint density at radius 3 is 2.63 bits per heavy atom. The monoisotopic (exact) mass is 693 g/mol. The minimum Gasteiger partial charge on any atom is -0.378 e. The number of nitrogens with one attached hydrogen (secondary N) is 1. The average molecular weight is 694 g/mol. The average Bonchev–Trinajstić information content (AvgIpc) is 3.55. The molecule has 4 fully saturated rings. The van der Waals surface area contributed by atoms with Crippen LogP contribution in [0.5, 0.6) is 0 Å².